The van der Waals surface area contributed by atoms with Crippen LogP contribution >= 0.6 is 0 Å². The van der Waals surface area contributed by atoms with Crippen LogP contribution in [0.5, 0.6) is 0 Å². The van der Waals surface area contributed by atoms with Gasteiger partial charge < -0.3 is 15.5 Å². The first-order valence-electron chi connectivity index (χ1n) is 4.35. The first kappa shape index (κ1) is 8.97. The Kier molecular flexibility index (Phi) is 3.83. The zero-order chi connectivity index (χ0) is 8.10. The van der Waals surface area contributed by atoms with Crippen LogP contribution in [0, 0.1) is 0 Å². The summed E-state index contributed by atoms with van der Waals surface area (Å²) < 4.78 is 0. The van der Waals surface area contributed by atoms with Crippen molar-refractivity contribution in [3.05, 3.63) is 0 Å². The quantitative estimate of drug-likeness (QED) is 0.538. The molecule has 0 aromatic carbocycles. The lowest BCUT2D eigenvalue weighted by molar-refractivity contribution is 0.115. The minimum absolute atomic E-state index is 0.0813. The average Bonchev–Trinajstić information content (AvgIpc) is 2.04. The summed E-state index contributed by atoms with van der Waals surface area (Å²) >= 11 is 0. The van der Waals surface area contributed by atoms with Crippen molar-refractivity contribution in [1.82, 2.24) is 5.32 Å². The zero-order valence-electron chi connectivity index (χ0n) is 6.79. The second-order valence-electron chi connectivity index (χ2n) is 3.18. The smallest absolute Gasteiger partial charge is 0.0556 e. The Balaban J connectivity index is 2.07. The van der Waals surface area contributed by atoms with E-state index in [0.29, 0.717) is 12.6 Å². The van der Waals surface area contributed by atoms with E-state index in [1.54, 1.807) is 0 Å². The molecule has 0 amide bonds. The topological polar surface area (TPSA) is 52.5 Å². The monoisotopic (exact) mass is 159 g/mol. The van der Waals surface area contributed by atoms with E-state index in [1.165, 1.54) is 0 Å². The number of nitrogens with one attached hydrogen (secondary N) is 1. The van der Waals surface area contributed by atoms with Crippen LogP contribution < -0.4 is 5.32 Å². The fourth-order valence-electron chi connectivity index (χ4n) is 1.55. The fourth-order valence-corrected chi connectivity index (χ4v) is 1.55. The Labute approximate surface area is 67.4 Å². The van der Waals surface area contributed by atoms with Crippen molar-refractivity contribution in [1.29, 1.82) is 0 Å². The van der Waals surface area contributed by atoms with Crippen molar-refractivity contribution in [2.45, 2.75) is 37.8 Å². The van der Waals surface area contributed by atoms with E-state index in [4.69, 9.17) is 5.11 Å². The zero-order valence-corrected chi connectivity index (χ0v) is 6.79. The lowest BCUT2D eigenvalue weighted by Gasteiger charge is -2.25. The molecular formula is C8H17NO2. The molecule has 66 valence electrons. The third kappa shape index (κ3) is 3.18. The van der Waals surface area contributed by atoms with Gasteiger partial charge in [0.15, 0.2) is 0 Å². The Morgan fingerprint density at radius 3 is 2.36 bits per heavy atom. The molecule has 0 atom stereocenters. The summed E-state index contributed by atoms with van der Waals surface area (Å²) in [6, 6.07) is 0.519. The summed E-state index contributed by atoms with van der Waals surface area (Å²) in [5, 5.41) is 20.9. The first-order valence-corrected chi connectivity index (χ1v) is 4.35. The van der Waals surface area contributed by atoms with Crippen LogP contribution in [0.15, 0.2) is 0 Å². The van der Waals surface area contributed by atoms with Gasteiger partial charge in [-0.3, -0.25) is 0 Å². The summed E-state index contributed by atoms with van der Waals surface area (Å²) in [5.74, 6) is 0. The van der Waals surface area contributed by atoms with E-state index in [2.05, 4.69) is 5.32 Å². The van der Waals surface area contributed by atoms with Gasteiger partial charge in [-0.05, 0) is 25.7 Å². The molecule has 1 saturated carbocycles. The molecule has 1 aliphatic carbocycles. The van der Waals surface area contributed by atoms with Gasteiger partial charge >= 0.3 is 0 Å². The third-order valence-electron chi connectivity index (χ3n) is 2.24. The first-order chi connectivity index (χ1) is 5.33. The standard InChI is InChI=1S/C8H17NO2/c10-6-5-9-7-1-3-8(11)4-2-7/h7-11H,1-6H2. The molecule has 3 heteroatoms. The van der Waals surface area contributed by atoms with Gasteiger partial charge in [0.05, 0.1) is 12.7 Å². The number of rotatable bonds is 3. The average molecular weight is 159 g/mol. The molecule has 0 spiro atoms. The Morgan fingerprint density at radius 1 is 1.18 bits per heavy atom. The van der Waals surface area contributed by atoms with Crippen molar-refractivity contribution < 1.29 is 10.2 Å². The third-order valence-corrected chi connectivity index (χ3v) is 2.24. The summed E-state index contributed by atoms with van der Waals surface area (Å²) in [5.41, 5.74) is 0. The molecule has 1 fully saturated rings. The molecule has 0 aliphatic heterocycles. The summed E-state index contributed by atoms with van der Waals surface area (Å²) in [4.78, 5) is 0. The van der Waals surface area contributed by atoms with Crippen LogP contribution in [0.4, 0.5) is 0 Å². The van der Waals surface area contributed by atoms with Crippen LogP contribution in [-0.4, -0.2) is 35.5 Å². The van der Waals surface area contributed by atoms with Crippen LogP contribution in [0.25, 0.3) is 0 Å². The van der Waals surface area contributed by atoms with E-state index < -0.39 is 0 Å². The van der Waals surface area contributed by atoms with Gasteiger partial charge in [0.25, 0.3) is 0 Å². The van der Waals surface area contributed by atoms with Gasteiger partial charge in [-0.15, -0.1) is 0 Å². The summed E-state index contributed by atoms with van der Waals surface area (Å²) in [6.07, 6.45) is 3.82. The molecule has 11 heavy (non-hydrogen) atoms. The highest BCUT2D eigenvalue weighted by atomic mass is 16.3. The summed E-state index contributed by atoms with van der Waals surface area (Å²) in [7, 11) is 0. The van der Waals surface area contributed by atoms with Gasteiger partial charge in [0, 0.05) is 12.6 Å². The van der Waals surface area contributed by atoms with Crippen molar-refractivity contribution in [3.63, 3.8) is 0 Å². The lowest BCUT2D eigenvalue weighted by Crippen LogP contribution is -2.36. The minimum Gasteiger partial charge on any atom is -0.395 e. The molecule has 0 aromatic rings. The van der Waals surface area contributed by atoms with Crippen molar-refractivity contribution in [2.75, 3.05) is 13.2 Å². The van der Waals surface area contributed by atoms with Gasteiger partial charge in [-0.2, -0.15) is 0 Å². The molecule has 0 bridgehead atoms. The SMILES string of the molecule is OCCNC1CCC(O)CC1. The summed E-state index contributed by atoms with van der Waals surface area (Å²) in [6.45, 7) is 0.889. The van der Waals surface area contributed by atoms with E-state index in [9.17, 15) is 5.11 Å². The number of hydrogen-bond acceptors (Lipinski definition) is 3. The molecular weight excluding hydrogens is 142 g/mol. The molecule has 0 aromatic heterocycles. The largest absolute Gasteiger partial charge is 0.395 e. The van der Waals surface area contributed by atoms with Crippen molar-refractivity contribution in [2.24, 2.45) is 0 Å². The predicted molar refractivity (Wildman–Crippen MR) is 43.4 cm³/mol. The van der Waals surface area contributed by atoms with Crippen molar-refractivity contribution in [3.8, 4) is 0 Å². The molecule has 0 saturated heterocycles. The lowest BCUT2D eigenvalue weighted by atomic mass is 9.93. The molecule has 3 nitrogen and oxygen atoms in total. The van der Waals surface area contributed by atoms with Crippen LogP contribution in [0.1, 0.15) is 25.7 Å². The van der Waals surface area contributed by atoms with Crippen LogP contribution in [0.2, 0.25) is 0 Å². The van der Waals surface area contributed by atoms with Gasteiger partial charge in [0.2, 0.25) is 0 Å². The van der Waals surface area contributed by atoms with Gasteiger partial charge in [-0.25, -0.2) is 0 Å². The molecule has 0 radical (unpaired) electrons. The Hall–Kier alpha value is -0.120. The Bertz CT molecular complexity index is 97.5. The van der Waals surface area contributed by atoms with Crippen LogP contribution in [-0.2, 0) is 0 Å². The predicted octanol–water partition coefficient (Wildman–Crippen LogP) is -0.128. The highest BCUT2D eigenvalue weighted by molar-refractivity contribution is 4.75. The molecule has 1 aliphatic rings. The molecule has 0 heterocycles. The van der Waals surface area contributed by atoms with Gasteiger partial charge in [0.1, 0.15) is 0 Å². The van der Waals surface area contributed by atoms with E-state index in [0.717, 1.165) is 25.7 Å². The number of aliphatic hydroxyl groups is 2. The molecule has 0 unspecified atom stereocenters. The van der Waals surface area contributed by atoms with E-state index in [-0.39, 0.29) is 12.7 Å². The normalized spacial score (nSPS) is 32.2. The second-order valence-corrected chi connectivity index (χ2v) is 3.18. The van der Waals surface area contributed by atoms with Crippen LogP contribution in [0.3, 0.4) is 0 Å². The second kappa shape index (κ2) is 4.70. The maximum Gasteiger partial charge on any atom is 0.0556 e. The van der Waals surface area contributed by atoms with Gasteiger partial charge in [-0.1, -0.05) is 0 Å². The van der Waals surface area contributed by atoms with E-state index in [1.807, 2.05) is 0 Å². The number of aliphatic hydroxyl groups excluding tert-OH is 2. The van der Waals surface area contributed by atoms with Crippen molar-refractivity contribution >= 4 is 0 Å². The maximum atomic E-state index is 9.18. The number of hydrogen-bond donors (Lipinski definition) is 3. The maximum absolute atomic E-state index is 9.18. The Morgan fingerprint density at radius 2 is 1.82 bits per heavy atom. The highest BCUT2D eigenvalue weighted by Crippen LogP contribution is 2.17. The molecule has 3 N–H and O–H groups in total. The molecule has 1 rings (SSSR count). The van der Waals surface area contributed by atoms with E-state index >= 15 is 0 Å². The fraction of sp³-hybridized carbons (Fsp3) is 1.00. The highest BCUT2D eigenvalue weighted by Gasteiger charge is 2.17. The minimum atomic E-state index is -0.0813.